The molecule has 2 amide bonds. The van der Waals surface area contributed by atoms with Gasteiger partial charge in [-0.1, -0.05) is 18.2 Å². The minimum absolute atomic E-state index is 0.0517. The number of amides is 2. The summed E-state index contributed by atoms with van der Waals surface area (Å²) in [4.78, 5) is 33.6. The maximum absolute atomic E-state index is 11.4. The number of aliphatic hydroxyl groups is 1. The fourth-order valence-electron chi connectivity index (χ4n) is 2.32. The van der Waals surface area contributed by atoms with Gasteiger partial charge in [-0.05, 0) is 77.4 Å². The van der Waals surface area contributed by atoms with Crippen molar-refractivity contribution in [3.05, 3.63) is 59.7 Å². The summed E-state index contributed by atoms with van der Waals surface area (Å²) in [5.74, 6) is -1.04. The van der Waals surface area contributed by atoms with Crippen LogP contribution in [-0.4, -0.2) is 39.6 Å². The number of benzene rings is 2. The highest BCUT2D eigenvalue weighted by atomic mass is 16.6. The number of rotatable bonds is 4. The van der Waals surface area contributed by atoms with Gasteiger partial charge in [0.05, 0.1) is 12.2 Å². The molecule has 0 radical (unpaired) electrons. The monoisotopic (exact) mass is 460 g/mol. The Bertz CT molecular complexity index is 960. The van der Waals surface area contributed by atoms with Crippen molar-refractivity contribution in [1.29, 1.82) is 0 Å². The van der Waals surface area contributed by atoms with Gasteiger partial charge in [0.15, 0.2) is 0 Å². The van der Waals surface area contributed by atoms with Crippen molar-refractivity contribution >= 4 is 29.5 Å². The molecule has 0 aromatic heterocycles. The van der Waals surface area contributed by atoms with Gasteiger partial charge in [0, 0.05) is 11.4 Å². The number of ether oxygens (including phenoxy) is 2. The predicted octanol–water partition coefficient (Wildman–Crippen LogP) is 5.26. The fraction of sp³-hybridized carbons (Fsp3) is 0.375. The molecular formula is C24H32N2O7. The molecule has 0 aliphatic heterocycles. The van der Waals surface area contributed by atoms with Crippen LogP contribution in [0.5, 0.6) is 0 Å². The third kappa shape index (κ3) is 12.1. The highest BCUT2D eigenvalue weighted by Crippen LogP contribution is 2.14. The highest BCUT2D eigenvalue weighted by Gasteiger charge is 2.17. The molecule has 0 aliphatic rings. The molecular weight excluding hydrogens is 428 g/mol. The van der Waals surface area contributed by atoms with E-state index in [1.165, 1.54) is 12.1 Å². The smallest absolute Gasteiger partial charge is 0.412 e. The van der Waals surface area contributed by atoms with Crippen molar-refractivity contribution in [1.82, 2.24) is 0 Å². The lowest BCUT2D eigenvalue weighted by Crippen LogP contribution is -2.27. The molecule has 4 N–H and O–H groups in total. The van der Waals surface area contributed by atoms with Crippen LogP contribution in [0.3, 0.4) is 0 Å². The van der Waals surface area contributed by atoms with Crippen LogP contribution in [0.15, 0.2) is 48.5 Å². The number of hydrogen-bond acceptors (Lipinski definition) is 6. The van der Waals surface area contributed by atoms with E-state index in [1.54, 1.807) is 77.9 Å². The molecule has 0 saturated heterocycles. The number of carboxylic acids is 1. The van der Waals surface area contributed by atoms with Gasteiger partial charge in [-0.3, -0.25) is 10.6 Å². The molecule has 180 valence electrons. The van der Waals surface area contributed by atoms with E-state index in [0.717, 1.165) is 5.56 Å². The summed E-state index contributed by atoms with van der Waals surface area (Å²) < 4.78 is 10.1. The molecule has 0 bridgehead atoms. The highest BCUT2D eigenvalue weighted by molar-refractivity contribution is 5.91. The van der Waals surface area contributed by atoms with E-state index in [0.29, 0.717) is 11.4 Å². The number of carboxylic acid groups (broad SMARTS) is 1. The standard InChI is InChI=1S/C12H15NO4.C12H17NO3/c1-12(2,3)17-11(16)13-9-6-4-5-8(7-9)10(14)15;1-12(2,3)16-11(15)13-10-6-4-5-9(7-10)8-14/h4-7H,1-3H3,(H,13,16)(H,14,15);4-7,14H,8H2,1-3H3,(H,13,15). The van der Waals surface area contributed by atoms with Crippen LogP contribution in [0.25, 0.3) is 0 Å². The maximum Gasteiger partial charge on any atom is 0.412 e. The van der Waals surface area contributed by atoms with E-state index >= 15 is 0 Å². The lowest BCUT2D eigenvalue weighted by Gasteiger charge is -2.19. The van der Waals surface area contributed by atoms with E-state index in [9.17, 15) is 14.4 Å². The minimum Gasteiger partial charge on any atom is -0.478 e. The number of nitrogens with one attached hydrogen (secondary N) is 2. The molecule has 0 spiro atoms. The zero-order valence-corrected chi connectivity index (χ0v) is 19.8. The number of hydrogen-bond donors (Lipinski definition) is 4. The van der Waals surface area contributed by atoms with Crippen LogP contribution < -0.4 is 10.6 Å². The number of anilines is 2. The third-order valence-corrected chi connectivity index (χ3v) is 3.51. The molecule has 2 rings (SSSR count). The van der Waals surface area contributed by atoms with Crippen molar-refractivity contribution in [2.24, 2.45) is 0 Å². The van der Waals surface area contributed by atoms with Gasteiger partial charge in [-0.25, -0.2) is 14.4 Å². The normalized spacial score (nSPS) is 10.9. The van der Waals surface area contributed by atoms with Crippen LogP contribution in [0.2, 0.25) is 0 Å². The van der Waals surface area contributed by atoms with E-state index in [2.05, 4.69) is 10.6 Å². The number of carbonyl (C=O) groups is 3. The van der Waals surface area contributed by atoms with Crippen molar-refractivity contribution < 1.29 is 34.1 Å². The summed E-state index contributed by atoms with van der Waals surface area (Å²) in [7, 11) is 0. The average Bonchev–Trinajstić information content (AvgIpc) is 2.65. The molecule has 2 aromatic carbocycles. The van der Waals surface area contributed by atoms with E-state index < -0.39 is 29.4 Å². The first-order valence-corrected chi connectivity index (χ1v) is 10.2. The first kappa shape index (κ1) is 27.4. The lowest BCUT2D eigenvalue weighted by molar-refractivity contribution is 0.0624. The Morgan fingerprint density at radius 3 is 1.67 bits per heavy atom. The summed E-state index contributed by atoms with van der Waals surface area (Å²) in [6.45, 7) is 10.6. The summed E-state index contributed by atoms with van der Waals surface area (Å²) >= 11 is 0. The summed E-state index contributed by atoms with van der Waals surface area (Å²) in [6, 6.07) is 12.9. The number of carbonyl (C=O) groups excluding carboxylic acids is 2. The Balaban J connectivity index is 0.000000331. The van der Waals surface area contributed by atoms with Gasteiger partial charge in [-0.15, -0.1) is 0 Å². The van der Waals surface area contributed by atoms with Crippen LogP contribution in [0, 0.1) is 0 Å². The summed E-state index contributed by atoms with van der Waals surface area (Å²) in [5, 5.41) is 22.8. The largest absolute Gasteiger partial charge is 0.478 e. The first-order valence-electron chi connectivity index (χ1n) is 10.2. The van der Waals surface area contributed by atoms with Gasteiger partial charge >= 0.3 is 18.2 Å². The SMILES string of the molecule is CC(C)(C)OC(=O)Nc1cccc(C(=O)O)c1.CC(C)(C)OC(=O)Nc1cccc(CO)c1. The second-order valence-corrected chi connectivity index (χ2v) is 9.00. The molecule has 0 aliphatic carbocycles. The molecule has 9 heteroatoms. The van der Waals surface area contributed by atoms with Gasteiger partial charge in [0.1, 0.15) is 11.2 Å². The Kier molecular flexibility index (Phi) is 9.87. The van der Waals surface area contributed by atoms with E-state index in [-0.39, 0.29) is 12.2 Å². The molecule has 33 heavy (non-hydrogen) atoms. The van der Waals surface area contributed by atoms with E-state index in [4.69, 9.17) is 19.7 Å². The summed E-state index contributed by atoms with van der Waals surface area (Å²) in [6.07, 6.45) is -1.11. The Morgan fingerprint density at radius 2 is 1.24 bits per heavy atom. The second-order valence-electron chi connectivity index (χ2n) is 9.00. The molecule has 0 heterocycles. The molecule has 0 unspecified atom stereocenters. The fourth-order valence-corrected chi connectivity index (χ4v) is 2.32. The maximum atomic E-state index is 11.4. The first-order chi connectivity index (χ1) is 15.2. The average molecular weight is 461 g/mol. The molecule has 0 atom stereocenters. The van der Waals surface area contributed by atoms with Crippen molar-refractivity contribution in [2.75, 3.05) is 10.6 Å². The summed E-state index contributed by atoms with van der Waals surface area (Å²) in [5.41, 5.74) is 0.750. The minimum atomic E-state index is -1.04. The Hall–Kier alpha value is -3.59. The van der Waals surface area contributed by atoms with Gasteiger partial charge in [0.25, 0.3) is 0 Å². The van der Waals surface area contributed by atoms with Crippen LogP contribution in [0.4, 0.5) is 21.0 Å². The quantitative estimate of drug-likeness (QED) is 0.489. The van der Waals surface area contributed by atoms with E-state index in [1.807, 2.05) is 0 Å². The molecule has 0 saturated carbocycles. The molecule has 2 aromatic rings. The van der Waals surface area contributed by atoms with Crippen LogP contribution in [-0.2, 0) is 16.1 Å². The van der Waals surface area contributed by atoms with Gasteiger partial charge < -0.3 is 19.7 Å². The third-order valence-electron chi connectivity index (χ3n) is 3.51. The predicted molar refractivity (Wildman–Crippen MR) is 125 cm³/mol. The van der Waals surface area contributed by atoms with Crippen LogP contribution in [0.1, 0.15) is 57.5 Å². The van der Waals surface area contributed by atoms with Crippen molar-refractivity contribution in [3.63, 3.8) is 0 Å². The molecule has 9 nitrogen and oxygen atoms in total. The van der Waals surface area contributed by atoms with Crippen molar-refractivity contribution in [2.45, 2.75) is 59.4 Å². The zero-order chi connectivity index (χ0) is 25.2. The van der Waals surface area contributed by atoms with Crippen molar-refractivity contribution in [3.8, 4) is 0 Å². The van der Waals surface area contributed by atoms with Gasteiger partial charge in [-0.2, -0.15) is 0 Å². The zero-order valence-electron chi connectivity index (χ0n) is 19.8. The topological polar surface area (TPSA) is 134 Å². The Labute approximate surface area is 193 Å². The lowest BCUT2D eigenvalue weighted by atomic mass is 10.2. The Morgan fingerprint density at radius 1 is 0.788 bits per heavy atom. The second kappa shape index (κ2) is 11.9. The van der Waals surface area contributed by atoms with Crippen LogP contribution >= 0.6 is 0 Å². The number of aromatic carboxylic acids is 1. The van der Waals surface area contributed by atoms with Gasteiger partial charge in [0.2, 0.25) is 0 Å². The number of aliphatic hydroxyl groups excluding tert-OH is 1. The molecule has 0 fully saturated rings.